The van der Waals surface area contributed by atoms with Crippen LogP contribution in [0.25, 0.3) is 0 Å². The minimum Gasteiger partial charge on any atom is -0.497 e. The largest absolute Gasteiger partial charge is 0.497 e. The molecule has 4 nitrogen and oxygen atoms in total. The highest BCUT2D eigenvalue weighted by molar-refractivity contribution is 5.67. The molecule has 0 aromatic heterocycles. The molecule has 0 radical (unpaired) electrons. The number of halogens is 2. The number of hydrogen-bond acceptors (Lipinski definition) is 3. The number of carboxylic acid groups (broad SMARTS) is 1. The van der Waals surface area contributed by atoms with Crippen molar-refractivity contribution in [2.75, 3.05) is 13.7 Å². The van der Waals surface area contributed by atoms with E-state index >= 15 is 0 Å². The Morgan fingerprint density at radius 2 is 2.06 bits per heavy atom. The van der Waals surface area contributed by atoms with Gasteiger partial charge in [-0.3, -0.25) is 4.79 Å². The normalized spacial score (nSPS) is 11.0. The van der Waals surface area contributed by atoms with E-state index in [2.05, 4.69) is 0 Å². The first-order chi connectivity index (χ1) is 7.93. The maximum Gasteiger partial charge on any atom is 0.309 e. The highest BCUT2D eigenvalue weighted by atomic mass is 19.3. The van der Waals surface area contributed by atoms with Gasteiger partial charge in [-0.25, -0.2) is 8.78 Å². The van der Waals surface area contributed by atoms with Crippen LogP contribution in [0.5, 0.6) is 11.5 Å². The van der Waals surface area contributed by atoms with Gasteiger partial charge in [0.25, 0.3) is 5.92 Å². The minimum absolute atomic E-state index is 0.203. The van der Waals surface area contributed by atoms with Crippen molar-refractivity contribution in [3.05, 3.63) is 24.3 Å². The number of alkyl halides is 2. The molecule has 0 unspecified atom stereocenters. The molecule has 0 aliphatic heterocycles. The first kappa shape index (κ1) is 13.2. The van der Waals surface area contributed by atoms with Crippen molar-refractivity contribution < 1.29 is 28.2 Å². The number of hydrogen-bond donors (Lipinski definition) is 1. The smallest absolute Gasteiger partial charge is 0.309 e. The average molecular weight is 246 g/mol. The number of carboxylic acids is 1. The van der Waals surface area contributed by atoms with Crippen LogP contribution in [0, 0.1) is 0 Å². The van der Waals surface area contributed by atoms with Crippen LogP contribution in [0.3, 0.4) is 0 Å². The minimum atomic E-state index is -3.39. The third-order valence-corrected chi connectivity index (χ3v) is 1.90. The van der Waals surface area contributed by atoms with Crippen molar-refractivity contribution in [3.63, 3.8) is 0 Å². The lowest BCUT2D eigenvalue weighted by atomic mass is 10.2. The summed E-state index contributed by atoms with van der Waals surface area (Å²) in [7, 11) is 1.44. The zero-order valence-electron chi connectivity index (χ0n) is 9.15. The van der Waals surface area contributed by atoms with Gasteiger partial charge in [-0.2, -0.15) is 0 Å². The van der Waals surface area contributed by atoms with Crippen molar-refractivity contribution in [2.45, 2.75) is 12.3 Å². The van der Waals surface area contributed by atoms with E-state index in [1.807, 2.05) is 0 Å². The predicted octanol–water partition coefficient (Wildman–Crippen LogP) is 2.18. The van der Waals surface area contributed by atoms with Crippen LogP contribution in [0.1, 0.15) is 6.42 Å². The third kappa shape index (κ3) is 4.67. The average Bonchev–Trinajstić information content (AvgIpc) is 2.25. The van der Waals surface area contributed by atoms with Crippen LogP contribution >= 0.6 is 0 Å². The molecule has 94 valence electrons. The molecule has 1 rings (SSSR count). The zero-order valence-corrected chi connectivity index (χ0v) is 9.15. The van der Waals surface area contributed by atoms with Crippen molar-refractivity contribution >= 4 is 5.97 Å². The molecule has 0 saturated carbocycles. The van der Waals surface area contributed by atoms with Gasteiger partial charge in [0.1, 0.15) is 17.9 Å². The number of ether oxygens (including phenoxy) is 2. The second kappa shape index (κ2) is 5.47. The lowest BCUT2D eigenvalue weighted by Crippen LogP contribution is -2.28. The summed E-state index contributed by atoms with van der Waals surface area (Å²) in [6, 6.07) is 6.15. The van der Waals surface area contributed by atoms with E-state index in [9.17, 15) is 13.6 Å². The summed E-state index contributed by atoms with van der Waals surface area (Å²) >= 11 is 0. The summed E-state index contributed by atoms with van der Waals surface area (Å²) in [6.45, 7) is -0.980. The van der Waals surface area contributed by atoms with Crippen LogP contribution in [0.2, 0.25) is 0 Å². The Kier molecular flexibility index (Phi) is 4.25. The molecule has 0 heterocycles. The molecular formula is C11H12F2O4. The summed E-state index contributed by atoms with van der Waals surface area (Å²) in [4.78, 5) is 10.2. The molecule has 0 atom stereocenters. The maximum atomic E-state index is 13.0. The molecule has 1 aromatic rings. The molecule has 1 aromatic carbocycles. The molecule has 0 spiro atoms. The lowest BCUT2D eigenvalue weighted by molar-refractivity contribution is -0.147. The van der Waals surface area contributed by atoms with E-state index in [0.29, 0.717) is 5.75 Å². The van der Waals surface area contributed by atoms with E-state index in [0.717, 1.165) is 0 Å². The van der Waals surface area contributed by atoms with Gasteiger partial charge in [-0.05, 0) is 12.1 Å². The van der Waals surface area contributed by atoms with Crippen molar-refractivity contribution in [1.29, 1.82) is 0 Å². The van der Waals surface area contributed by atoms with Crippen LogP contribution in [-0.2, 0) is 4.79 Å². The Morgan fingerprint density at radius 1 is 1.41 bits per heavy atom. The number of rotatable bonds is 6. The molecule has 0 saturated heterocycles. The fraction of sp³-hybridized carbons (Fsp3) is 0.364. The monoisotopic (exact) mass is 246 g/mol. The predicted molar refractivity (Wildman–Crippen MR) is 55.7 cm³/mol. The summed E-state index contributed by atoms with van der Waals surface area (Å²) in [5.41, 5.74) is 0. The Hall–Kier alpha value is -1.85. The summed E-state index contributed by atoms with van der Waals surface area (Å²) in [5.74, 6) is -4.28. The van der Waals surface area contributed by atoms with E-state index in [-0.39, 0.29) is 5.75 Å². The highest BCUT2D eigenvalue weighted by Crippen LogP contribution is 2.23. The molecule has 0 bridgehead atoms. The van der Waals surface area contributed by atoms with Crippen LogP contribution in [0.15, 0.2) is 24.3 Å². The molecule has 1 N–H and O–H groups in total. The zero-order chi connectivity index (χ0) is 12.9. The Morgan fingerprint density at radius 3 is 2.65 bits per heavy atom. The van der Waals surface area contributed by atoms with Crippen LogP contribution < -0.4 is 9.47 Å². The number of aliphatic carboxylic acids is 1. The van der Waals surface area contributed by atoms with E-state index in [1.54, 1.807) is 12.1 Å². The van der Waals surface area contributed by atoms with E-state index in [1.165, 1.54) is 19.2 Å². The maximum absolute atomic E-state index is 13.0. The molecule has 17 heavy (non-hydrogen) atoms. The van der Waals surface area contributed by atoms with Gasteiger partial charge in [-0.15, -0.1) is 0 Å². The van der Waals surface area contributed by atoms with Gasteiger partial charge >= 0.3 is 5.97 Å². The SMILES string of the molecule is COc1cccc(OCC(F)(F)CC(=O)O)c1. The van der Waals surface area contributed by atoms with Crippen molar-refractivity contribution in [1.82, 2.24) is 0 Å². The molecule has 0 amide bonds. The molecule has 6 heteroatoms. The fourth-order valence-electron chi connectivity index (χ4n) is 1.15. The molecule has 0 aliphatic rings. The van der Waals surface area contributed by atoms with E-state index < -0.39 is 24.9 Å². The van der Waals surface area contributed by atoms with E-state index in [4.69, 9.17) is 14.6 Å². The fourth-order valence-corrected chi connectivity index (χ4v) is 1.15. The first-order valence-corrected chi connectivity index (χ1v) is 4.79. The second-order valence-corrected chi connectivity index (χ2v) is 3.39. The van der Waals surface area contributed by atoms with Gasteiger partial charge in [-0.1, -0.05) is 6.07 Å². The number of carbonyl (C=O) groups is 1. The highest BCUT2D eigenvalue weighted by Gasteiger charge is 2.33. The van der Waals surface area contributed by atoms with Crippen LogP contribution in [0.4, 0.5) is 8.78 Å². The van der Waals surface area contributed by atoms with Gasteiger partial charge in [0.15, 0.2) is 6.61 Å². The summed E-state index contributed by atoms with van der Waals surface area (Å²) < 4.78 is 35.7. The summed E-state index contributed by atoms with van der Waals surface area (Å²) in [6.07, 6.45) is -1.25. The Bertz CT molecular complexity index is 393. The van der Waals surface area contributed by atoms with Gasteiger partial charge in [0.05, 0.1) is 7.11 Å². The van der Waals surface area contributed by atoms with Crippen molar-refractivity contribution in [2.24, 2.45) is 0 Å². The van der Waals surface area contributed by atoms with Gasteiger partial charge < -0.3 is 14.6 Å². The van der Waals surface area contributed by atoms with Crippen molar-refractivity contribution in [3.8, 4) is 11.5 Å². The topological polar surface area (TPSA) is 55.8 Å². The lowest BCUT2D eigenvalue weighted by Gasteiger charge is -2.15. The van der Waals surface area contributed by atoms with Gasteiger partial charge in [0.2, 0.25) is 0 Å². The summed E-state index contributed by atoms with van der Waals surface area (Å²) in [5, 5.41) is 8.27. The molecule has 0 fully saturated rings. The Balaban J connectivity index is 2.57. The molecular weight excluding hydrogens is 234 g/mol. The van der Waals surface area contributed by atoms with Gasteiger partial charge in [0, 0.05) is 6.07 Å². The second-order valence-electron chi connectivity index (χ2n) is 3.39. The first-order valence-electron chi connectivity index (χ1n) is 4.79. The van der Waals surface area contributed by atoms with Crippen LogP contribution in [-0.4, -0.2) is 30.7 Å². The number of methoxy groups -OCH3 is 1. The standard InChI is InChI=1S/C11H12F2O4/c1-16-8-3-2-4-9(5-8)17-7-11(12,13)6-10(14)15/h2-5H,6-7H2,1H3,(H,14,15). The number of benzene rings is 1. The quantitative estimate of drug-likeness (QED) is 0.835. The third-order valence-electron chi connectivity index (χ3n) is 1.90. The molecule has 0 aliphatic carbocycles. The Labute approximate surface area is 96.8 Å².